The molecule has 2 aromatic rings. The van der Waals surface area contributed by atoms with Gasteiger partial charge in [0.2, 0.25) is 10.0 Å². The van der Waals surface area contributed by atoms with E-state index in [-0.39, 0.29) is 12.3 Å². The zero-order valence-electron chi connectivity index (χ0n) is 11.1. The minimum Gasteiger partial charge on any atom is -0.387 e. The van der Waals surface area contributed by atoms with E-state index in [9.17, 15) is 13.5 Å². The molecule has 0 amide bonds. The molecule has 1 aromatic heterocycles. The van der Waals surface area contributed by atoms with Crippen molar-refractivity contribution in [1.82, 2.24) is 4.72 Å². The van der Waals surface area contributed by atoms with E-state index in [1.165, 1.54) is 11.3 Å². The van der Waals surface area contributed by atoms with Crippen LogP contribution >= 0.6 is 11.3 Å². The van der Waals surface area contributed by atoms with Crippen LogP contribution in [-0.4, -0.2) is 20.1 Å². The van der Waals surface area contributed by atoms with Crippen molar-refractivity contribution in [2.45, 2.75) is 18.8 Å². The number of aliphatic hydroxyl groups excluding tert-OH is 1. The number of rotatable bonds is 6. The molecule has 0 saturated heterocycles. The highest BCUT2D eigenvalue weighted by atomic mass is 32.2. The molecule has 6 heteroatoms. The largest absolute Gasteiger partial charge is 0.387 e. The first-order chi connectivity index (χ1) is 9.46. The molecule has 1 unspecified atom stereocenters. The Hall–Kier alpha value is -1.21. The third-order valence-corrected chi connectivity index (χ3v) is 4.89. The first-order valence-electron chi connectivity index (χ1n) is 6.19. The van der Waals surface area contributed by atoms with Crippen molar-refractivity contribution in [3.8, 4) is 0 Å². The van der Waals surface area contributed by atoms with Gasteiger partial charge in [0.25, 0.3) is 0 Å². The minimum atomic E-state index is -3.44. The van der Waals surface area contributed by atoms with Crippen LogP contribution < -0.4 is 4.72 Å². The van der Waals surface area contributed by atoms with Gasteiger partial charge in [-0.05, 0) is 34.9 Å². The molecule has 20 heavy (non-hydrogen) atoms. The summed E-state index contributed by atoms with van der Waals surface area (Å²) in [5.41, 5.74) is 2.49. The van der Waals surface area contributed by atoms with Gasteiger partial charge in [-0.25, -0.2) is 13.1 Å². The topological polar surface area (TPSA) is 66.4 Å². The molecule has 0 bridgehead atoms. The average molecular weight is 311 g/mol. The SMILES string of the molecule is Cc1cccc(CS(=O)(=O)NCC(O)c2ccsc2)c1. The number of benzene rings is 1. The Morgan fingerprint density at radius 3 is 2.80 bits per heavy atom. The predicted molar refractivity (Wildman–Crippen MR) is 81.1 cm³/mol. The second-order valence-corrected chi connectivity index (χ2v) is 7.26. The van der Waals surface area contributed by atoms with Crippen LogP contribution in [0.15, 0.2) is 41.1 Å². The maximum atomic E-state index is 12.0. The van der Waals surface area contributed by atoms with E-state index in [2.05, 4.69) is 4.72 Å². The standard InChI is InChI=1S/C14H17NO3S2/c1-11-3-2-4-12(7-11)10-20(17,18)15-8-14(16)13-5-6-19-9-13/h2-7,9,14-16H,8,10H2,1H3. The van der Waals surface area contributed by atoms with E-state index in [4.69, 9.17) is 0 Å². The molecule has 0 fully saturated rings. The lowest BCUT2D eigenvalue weighted by molar-refractivity contribution is 0.182. The maximum Gasteiger partial charge on any atom is 0.215 e. The molecule has 2 rings (SSSR count). The van der Waals surface area contributed by atoms with E-state index in [0.29, 0.717) is 0 Å². The van der Waals surface area contributed by atoms with Gasteiger partial charge in [0.05, 0.1) is 11.9 Å². The summed E-state index contributed by atoms with van der Waals surface area (Å²) in [5.74, 6) is -0.0783. The number of sulfonamides is 1. The molecule has 0 aliphatic rings. The number of nitrogens with one attached hydrogen (secondary N) is 1. The zero-order valence-corrected chi connectivity index (χ0v) is 12.7. The fourth-order valence-corrected chi connectivity index (χ4v) is 3.70. The summed E-state index contributed by atoms with van der Waals surface area (Å²) < 4.78 is 26.4. The summed E-state index contributed by atoms with van der Waals surface area (Å²) in [6.07, 6.45) is -0.812. The third kappa shape index (κ3) is 4.42. The van der Waals surface area contributed by atoms with Crippen LogP contribution in [0.3, 0.4) is 0 Å². The lowest BCUT2D eigenvalue weighted by Gasteiger charge is -2.11. The van der Waals surface area contributed by atoms with Gasteiger partial charge >= 0.3 is 0 Å². The van der Waals surface area contributed by atoms with E-state index in [1.54, 1.807) is 17.5 Å². The highest BCUT2D eigenvalue weighted by molar-refractivity contribution is 7.88. The molecule has 1 aromatic carbocycles. The van der Waals surface area contributed by atoms with Gasteiger partial charge in [0, 0.05) is 6.54 Å². The highest BCUT2D eigenvalue weighted by Crippen LogP contribution is 2.16. The molecule has 1 atom stereocenters. The van der Waals surface area contributed by atoms with Crippen molar-refractivity contribution in [3.05, 3.63) is 57.8 Å². The second-order valence-electron chi connectivity index (χ2n) is 4.67. The Morgan fingerprint density at radius 1 is 1.35 bits per heavy atom. The van der Waals surface area contributed by atoms with Crippen molar-refractivity contribution in [2.24, 2.45) is 0 Å². The third-order valence-electron chi connectivity index (χ3n) is 2.86. The number of hydrogen-bond donors (Lipinski definition) is 2. The first-order valence-corrected chi connectivity index (χ1v) is 8.79. The Bertz CT molecular complexity index is 651. The summed E-state index contributed by atoms with van der Waals surface area (Å²) in [4.78, 5) is 0. The molecular weight excluding hydrogens is 294 g/mol. The molecule has 0 radical (unpaired) electrons. The van der Waals surface area contributed by atoms with Gasteiger partial charge in [-0.15, -0.1) is 0 Å². The van der Waals surface area contributed by atoms with Crippen molar-refractivity contribution in [2.75, 3.05) is 6.54 Å². The zero-order chi connectivity index (χ0) is 14.6. The number of aliphatic hydroxyl groups is 1. The lowest BCUT2D eigenvalue weighted by Crippen LogP contribution is -2.29. The Labute approximate surface area is 123 Å². The highest BCUT2D eigenvalue weighted by Gasteiger charge is 2.15. The fraction of sp³-hybridized carbons (Fsp3) is 0.286. The Balaban J connectivity index is 1.94. The van der Waals surface area contributed by atoms with Crippen LogP contribution in [-0.2, 0) is 15.8 Å². The maximum absolute atomic E-state index is 12.0. The summed E-state index contributed by atoms with van der Waals surface area (Å²) in [6, 6.07) is 9.16. The predicted octanol–water partition coefficient (Wildman–Crippen LogP) is 2.21. The Morgan fingerprint density at radius 2 is 2.15 bits per heavy atom. The van der Waals surface area contributed by atoms with Gasteiger partial charge in [-0.2, -0.15) is 11.3 Å². The van der Waals surface area contributed by atoms with Crippen LogP contribution in [0.25, 0.3) is 0 Å². The van der Waals surface area contributed by atoms with E-state index in [1.807, 2.05) is 30.5 Å². The molecule has 0 saturated carbocycles. The first kappa shape index (κ1) is 15.2. The van der Waals surface area contributed by atoms with Crippen LogP contribution in [0.2, 0.25) is 0 Å². The van der Waals surface area contributed by atoms with Crippen molar-refractivity contribution in [1.29, 1.82) is 0 Å². The van der Waals surface area contributed by atoms with Gasteiger partial charge in [0.1, 0.15) is 0 Å². The average Bonchev–Trinajstić information content (AvgIpc) is 2.89. The van der Waals surface area contributed by atoms with E-state index in [0.717, 1.165) is 16.7 Å². The molecule has 108 valence electrons. The quantitative estimate of drug-likeness (QED) is 0.859. The molecule has 0 spiro atoms. The van der Waals surface area contributed by atoms with Crippen LogP contribution in [0.1, 0.15) is 22.8 Å². The van der Waals surface area contributed by atoms with Gasteiger partial charge in [-0.3, -0.25) is 0 Å². The van der Waals surface area contributed by atoms with Gasteiger partial charge in [0.15, 0.2) is 0 Å². The van der Waals surface area contributed by atoms with Crippen LogP contribution in [0, 0.1) is 6.92 Å². The summed E-state index contributed by atoms with van der Waals surface area (Å²) in [7, 11) is -3.44. The number of hydrogen-bond acceptors (Lipinski definition) is 4. The molecule has 2 N–H and O–H groups in total. The van der Waals surface area contributed by atoms with Crippen molar-refractivity contribution < 1.29 is 13.5 Å². The van der Waals surface area contributed by atoms with Crippen molar-refractivity contribution in [3.63, 3.8) is 0 Å². The number of aryl methyl sites for hydroxylation is 1. The summed E-state index contributed by atoms with van der Waals surface area (Å²) >= 11 is 1.47. The molecule has 0 aliphatic carbocycles. The van der Waals surface area contributed by atoms with Crippen molar-refractivity contribution >= 4 is 21.4 Å². The van der Waals surface area contributed by atoms with Gasteiger partial charge in [-0.1, -0.05) is 29.8 Å². The molecule has 1 heterocycles. The monoisotopic (exact) mass is 311 g/mol. The fourth-order valence-electron chi connectivity index (χ4n) is 1.86. The molecule has 4 nitrogen and oxygen atoms in total. The van der Waals surface area contributed by atoms with E-state index >= 15 is 0 Å². The second kappa shape index (κ2) is 6.49. The smallest absolute Gasteiger partial charge is 0.215 e. The number of thiophene rings is 1. The summed E-state index contributed by atoms with van der Waals surface area (Å²) in [6.45, 7) is 1.91. The van der Waals surface area contributed by atoms with Crippen LogP contribution in [0.5, 0.6) is 0 Å². The van der Waals surface area contributed by atoms with Gasteiger partial charge < -0.3 is 5.11 Å². The normalized spacial score (nSPS) is 13.3. The molecule has 0 aliphatic heterocycles. The summed E-state index contributed by atoms with van der Waals surface area (Å²) in [5, 5.41) is 13.5. The minimum absolute atomic E-state index is 0.00905. The van der Waals surface area contributed by atoms with E-state index < -0.39 is 16.1 Å². The lowest BCUT2D eigenvalue weighted by atomic mass is 10.2. The Kier molecular flexibility index (Phi) is 4.93. The van der Waals surface area contributed by atoms with Crippen LogP contribution in [0.4, 0.5) is 0 Å². The molecular formula is C14H17NO3S2.